The van der Waals surface area contributed by atoms with Crippen molar-refractivity contribution >= 4 is 11.7 Å². The molecule has 1 aliphatic carbocycles. The van der Waals surface area contributed by atoms with Crippen LogP contribution in [0.5, 0.6) is 0 Å². The second kappa shape index (κ2) is 7.04. The Balaban J connectivity index is 1.53. The van der Waals surface area contributed by atoms with Gasteiger partial charge >= 0.3 is 0 Å². The number of aromatic nitrogens is 2. The molecule has 0 spiro atoms. The minimum atomic E-state index is -0.272. The average Bonchev–Trinajstić information content (AvgIpc) is 2.67. The molecule has 1 aromatic heterocycles. The van der Waals surface area contributed by atoms with Crippen LogP contribution in [0.4, 0.5) is 10.3 Å². The first-order valence-electron chi connectivity index (χ1n) is 8.61. The van der Waals surface area contributed by atoms with E-state index in [0.29, 0.717) is 30.9 Å². The maximum absolute atomic E-state index is 13.2. The Hall–Kier alpha value is -3.08. The lowest BCUT2D eigenvalue weighted by Gasteiger charge is -2.23. The van der Waals surface area contributed by atoms with E-state index in [1.54, 1.807) is 18.3 Å². The van der Waals surface area contributed by atoms with Crippen LogP contribution in [0.15, 0.2) is 60.8 Å². The van der Waals surface area contributed by atoms with E-state index in [0.717, 1.165) is 16.8 Å². The fourth-order valence-electron chi connectivity index (χ4n) is 3.28. The fourth-order valence-corrected chi connectivity index (χ4v) is 3.28. The van der Waals surface area contributed by atoms with Gasteiger partial charge in [0.1, 0.15) is 5.82 Å². The molecular weight excluding hydrogens is 329 g/mol. The largest absolute Gasteiger partial charge is 0.350 e. The molecule has 1 unspecified atom stereocenters. The number of anilines is 1. The minimum absolute atomic E-state index is 0.0208. The van der Waals surface area contributed by atoms with Crippen molar-refractivity contribution in [3.8, 4) is 0 Å². The number of fused-ring (bicyclic) bond motifs is 1. The van der Waals surface area contributed by atoms with Gasteiger partial charge in [-0.1, -0.05) is 42.5 Å². The molecular formula is C21H18FN3O. The predicted molar refractivity (Wildman–Crippen MR) is 97.6 cm³/mol. The van der Waals surface area contributed by atoms with Gasteiger partial charge in [0.15, 0.2) is 5.78 Å². The normalized spacial score (nSPS) is 16.2. The number of nitrogens with zero attached hydrogens (tertiary/aromatic N) is 2. The molecule has 2 aromatic carbocycles. The standard InChI is InChI=1S/C21H18FN3O/c22-17-8-6-15(7-9-17)16-10-19-18(20(26)11-16)13-24-21(25-19)23-12-14-4-2-1-3-5-14/h1-9,13,16H,10-12H2,(H,23,24,25). The third-order valence-corrected chi connectivity index (χ3v) is 4.67. The maximum Gasteiger partial charge on any atom is 0.223 e. The highest BCUT2D eigenvalue weighted by atomic mass is 19.1. The molecule has 4 rings (SSSR count). The lowest BCUT2D eigenvalue weighted by Crippen LogP contribution is -2.21. The van der Waals surface area contributed by atoms with E-state index in [9.17, 15) is 9.18 Å². The summed E-state index contributed by atoms with van der Waals surface area (Å²) < 4.78 is 13.2. The predicted octanol–water partition coefficient (Wildman–Crippen LogP) is 4.14. The number of Topliss-reactive ketones (excluding diaryl/α,β-unsaturated/α-hetero) is 1. The molecule has 0 bridgehead atoms. The van der Waals surface area contributed by atoms with Crippen LogP contribution in [0.1, 0.15) is 39.5 Å². The molecule has 0 aliphatic heterocycles. The summed E-state index contributed by atoms with van der Waals surface area (Å²) in [5, 5.41) is 3.20. The van der Waals surface area contributed by atoms with E-state index in [1.165, 1.54) is 12.1 Å². The van der Waals surface area contributed by atoms with E-state index in [1.807, 2.05) is 30.3 Å². The molecule has 1 atom stereocenters. The SMILES string of the molecule is O=C1CC(c2ccc(F)cc2)Cc2nc(NCc3ccccc3)ncc21. The number of rotatable bonds is 4. The first-order chi connectivity index (χ1) is 12.7. The van der Waals surface area contributed by atoms with E-state index >= 15 is 0 Å². The first kappa shape index (κ1) is 16.4. The Labute approximate surface area is 151 Å². The van der Waals surface area contributed by atoms with Crippen LogP contribution in [-0.2, 0) is 13.0 Å². The van der Waals surface area contributed by atoms with E-state index < -0.39 is 0 Å². The van der Waals surface area contributed by atoms with Crippen molar-refractivity contribution in [1.82, 2.24) is 9.97 Å². The molecule has 0 radical (unpaired) electrons. The first-order valence-corrected chi connectivity index (χ1v) is 8.61. The van der Waals surface area contributed by atoms with Gasteiger partial charge in [-0.2, -0.15) is 0 Å². The molecule has 1 aliphatic rings. The van der Waals surface area contributed by atoms with Crippen molar-refractivity contribution in [2.45, 2.75) is 25.3 Å². The lowest BCUT2D eigenvalue weighted by molar-refractivity contribution is 0.0962. The van der Waals surface area contributed by atoms with Crippen LogP contribution in [0.2, 0.25) is 0 Å². The lowest BCUT2D eigenvalue weighted by atomic mass is 9.82. The van der Waals surface area contributed by atoms with E-state index in [4.69, 9.17) is 0 Å². The van der Waals surface area contributed by atoms with Crippen LogP contribution < -0.4 is 5.32 Å². The maximum atomic E-state index is 13.2. The molecule has 130 valence electrons. The van der Waals surface area contributed by atoms with Gasteiger partial charge in [-0.3, -0.25) is 4.79 Å². The number of hydrogen-bond acceptors (Lipinski definition) is 4. The molecule has 0 fully saturated rings. The molecule has 26 heavy (non-hydrogen) atoms. The second-order valence-corrected chi connectivity index (χ2v) is 6.47. The Morgan fingerprint density at radius 1 is 1.04 bits per heavy atom. The van der Waals surface area contributed by atoms with Gasteiger partial charge in [0.25, 0.3) is 0 Å². The molecule has 5 heteroatoms. The van der Waals surface area contributed by atoms with Crippen molar-refractivity contribution in [1.29, 1.82) is 0 Å². The smallest absolute Gasteiger partial charge is 0.223 e. The summed E-state index contributed by atoms with van der Waals surface area (Å²) in [7, 11) is 0. The Morgan fingerprint density at radius 3 is 2.58 bits per heavy atom. The number of carbonyl (C=O) groups is 1. The summed E-state index contributed by atoms with van der Waals surface area (Å²) >= 11 is 0. The fraction of sp³-hybridized carbons (Fsp3) is 0.190. The summed E-state index contributed by atoms with van der Waals surface area (Å²) in [5.74, 6) is 0.300. The zero-order valence-electron chi connectivity index (χ0n) is 14.2. The summed E-state index contributed by atoms with van der Waals surface area (Å²) in [6.45, 7) is 0.620. The molecule has 0 amide bonds. The van der Waals surface area contributed by atoms with Crippen molar-refractivity contribution in [3.63, 3.8) is 0 Å². The summed E-state index contributed by atoms with van der Waals surface area (Å²) in [6.07, 6.45) is 2.66. The summed E-state index contributed by atoms with van der Waals surface area (Å²) in [4.78, 5) is 21.3. The second-order valence-electron chi connectivity index (χ2n) is 6.47. The molecule has 0 saturated carbocycles. The third-order valence-electron chi connectivity index (χ3n) is 4.67. The monoisotopic (exact) mass is 347 g/mol. The van der Waals surface area contributed by atoms with Gasteiger partial charge in [-0.25, -0.2) is 14.4 Å². The number of ketones is 1. The highest BCUT2D eigenvalue weighted by Crippen LogP contribution is 2.32. The van der Waals surface area contributed by atoms with Crippen LogP contribution in [0.3, 0.4) is 0 Å². The molecule has 1 heterocycles. The van der Waals surface area contributed by atoms with Gasteiger partial charge in [0.2, 0.25) is 5.95 Å². The minimum Gasteiger partial charge on any atom is -0.350 e. The van der Waals surface area contributed by atoms with Gasteiger partial charge in [0, 0.05) is 19.2 Å². The van der Waals surface area contributed by atoms with Crippen molar-refractivity contribution in [2.75, 3.05) is 5.32 Å². The van der Waals surface area contributed by atoms with Gasteiger partial charge < -0.3 is 5.32 Å². The topological polar surface area (TPSA) is 54.9 Å². The molecule has 1 N–H and O–H groups in total. The van der Waals surface area contributed by atoms with Crippen LogP contribution in [0.25, 0.3) is 0 Å². The van der Waals surface area contributed by atoms with Gasteiger partial charge in [-0.15, -0.1) is 0 Å². The van der Waals surface area contributed by atoms with Crippen molar-refractivity contribution in [2.24, 2.45) is 0 Å². The average molecular weight is 347 g/mol. The van der Waals surface area contributed by atoms with Crippen molar-refractivity contribution in [3.05, 3.63) is 89.0 Å². The summed E-state index contributed by atoms with van der Waals surface area (Å²) in [5.41, 5.74) is 3.44. The number of hydrogen-bond donors (Lipinski definition) is 1. The number of benzene rings is 2. The molecule has 3 aromatic rings. The molecule has 0 saturated heterocycles. The zero-order chi connectivity index (χ0) is 17.9. The Bertz CT molecular complexity index is 926. The molecule has 4 nitrogen and oxygen atoms in total. The summed E-state index contributed by atoms with van der Waals surface area (Å²) in [6, 6.07) is 16.3. The quantitative estimate of drug-likeness (QED) is 0.771. The van der Waals surface area contributed by atoms with Crippen molar-refractivity contribution < 1.29 is 9.18 Å². The highest BCUT2D eigenvalue weighted by Gasteiger charge is 2.28. The van der Waals surface area contributed by atoms with E-state index in [-0.39, 0.29) is 17.5 Å². The number of nitrogens with one attached hydrogen (secondary N) is 1. The van der Waals surface area contributed by atoms with Crippen LogP contribution in [-0.4, -0.2) is 15.8 Å². The third kappa shape index (κ3) is 3.47. The van der Waals surface area contributed by atoms with Gasteiger partial charge in [0.05, 0.1) is 11.3 Å². The zero-order valence-corrected chi connectivity index (χ0v) is 14.2. The van der Waals surface area contributed by atoms with Crippen LogP contribution >= 0.6 is 0 Å². The van der Waals surface area contributed by atoms with E-state index in [2.05, 4.69) is 15.3 Å². The van der Waals surface area contributed by atoms with Gasteiger partial charge in [-0.05, 0) is 35.6 Å². The number of halogens is 1. The Kier molecular flexibility index (Phi) is 4.44. The Morgan fingerprint density at radius 2 is 1.81 bits per heavy atom. The highest BCUT2D eigenvalue weighted by molar-refractivity contribution is 5.98. The number of carbonyl (C=O) groups excluding carboxylic acids is 1. The van der Waals surface area contributed by atoms with Crippen LogP contribution in [0, 0.1) is 5.82 Å².